The van der Waals surface area contributed by atoms with Crippen molar-refractivity contribution in [3.8, 4) is 0 Å². The van der Waals surface area contributed by atoms with Crippen molar-refractivity contribution in [1.82, 2.24) is 10.1 Å². The third kappa shape index (κ3) is 2.64. The van der Waals surface area contributed by atoms with Gasteiger partial charge in [-0.25, -0.2) is 0 Å². The van der Waals surface area contributed by atoms with Gasteiger partial charge in [0.15, 0.2) is 0 Å². The average molecular weight is 324 g/mol. The zero-order valence-corrected chi connectivity index (χ0v) is 14.6. The van der Waals surface area contributed by atoms with Crippen LogP contribution < -0.4 is 0 Å². The van der Waals surface area contributed by atoms with Crippen LogP contribution in [0, 0.1) is 26.7 Å². The second-order valence-corrected chi connectivity index (χ2v) is 7.34. The predicted octanol–water partition coefficient (Wildman–Crippen LogP) is 4.07. The molecule has 1 aliphatic carbocycles. The predicted molar refractivity (Wildman–Crippen MR) is 91.7 cm³/mol. The van der Waals surface area contributed by atoms with Crippen LogP contribution in [-0.4, -0.2) is 22.5 Å². The molecule has 24 heavy (non-hydrogen) atoms. The van der Waals surface area contributed by atoms with E-state index in [9.17, 15) is 4.79 Å². The Kier molecular flexibility index (Phi) is 3.70. The quantitative estimate of drug-likeness (QED) is 0.855. The van der Waals surface area contributed by atoms with Crippen molar-refractivity contribution in [1.29, 1.82) is 0 Å². The molecule has 1 saturated heterocycles. The van der Waals surface area contributed by atoms with Crippen molar-refractivity contribution in [3.63, 3.8) is 0 Å². The number of rotatable bonds is 3. The number of hydrogen-bond acceptors (Lipinski definition) is 3. The Morgan fingerprint density at radius 1 is 1.21 bits per heavy atom. The molecule has 0 N–H and O–H groups in total. The molecule has 4 heteroatoms. The second-order valence-electron chi connectivity index (χ2n) is 7.34. The molecule has 3 atom stereocenters. The zero-order valence-electron chi connectivity index (χ0n) is 14.6. The van der Waals surface area contributed by atoms with E-state index in [1.54, 1.807) is 0 Å². The van der Waals surface area contributed by atoms with Crippen LogP contribution in [0.1, 0.15) is 59.4 Å². The Hall–Kier alpha value is -2.10. The van der Waals surface area contributed by atoms with E-state index < -0.39 is 0 Å². The highest BCUT2D eigenvalue weighted by atomic mass is 16.5. The van der Waals surface area contributed by atoms with Gasteiger partial charge in [0.2, 0.25) is 5.91 Å². The summed E-state index contributed by atoms with van der Waals surface area (Å²) in [6, 6.07) is 8.65. The lowest BCUT2D eigenvalue weighted by atomic mass is 10.0. The van der Waals surface area contributed by atoms with Gasteiger partial charge in [-0.1, -0.05) is 23.4 Å². The largest absolute Gasteiger partial charge is 0.361 e. The van der Waals surface area contributed by atoms with E-state index in [-0.39, 0.29) is 12.0 Å². The monoisotopic (exact) mass is 324 g/mol. The minimum Gasteiger partial charge on any atom is -0.361 e. The van der Waals surface area contributed by atoms with Crippen molar-refractivity contribution >= 4 is 5.91 Å². The van der Waals surface area contributed by atoms with Gasteiger partial charge in [-0.3, -0.25) is 4.79 Å². The van der Waals surface area contributed by atoms with E-state index in [2.05, 4.69) is 37.2 Å². The number of nitrogens with zero attached hydrogens (tertiary/aromatic N) is 2. The van der Waals surface area contributed by atoms with Gasteiger partial charge in [0.1, 0.15) is 11.5 Å². The Balaban J connectivity index is 1.49. The lowest BCUT2D eigenvalue weighted by Crippen LogP contribution is -2.32. The molecule has 2 fully saturated rings. The smallest absolute Gasteiger partial charge is 0.226 e. The number of carbonyl (C=O) groups is 1. The fourth-order valence-electron chi connectivity index (χ4n) is 3.93. The first-order valence-electron chi connectivity index (χ1n) is 8.85. The highest BCUT2D eigenvalue weighted by molar-refractivity contribution is 5.83. The van der Waals surface area contributed by atoms with Gasteiger partial charge in [-0.2, -0.15) is 0 Å². The molecule has 4 nitrogen and oxygen atoms in total. The Labute approximate surface area is 142 Å². The molecular formula is C20H24N2O2. The van der Waals surface area contributed by atoms with E-state index in [4.69, 9.17) is 4.52 Å². The normalized spacial score (nSPS) is 26.0. The first-order chi connectivity index (χ1) is 11.5. The van der Waals surface area contributed by atoms with Crippen molar-refractivity contribution < 1.29 is 9.32 Å². The molecule has 1 aromatic carbocycles. The number of benzene rings is 1. The van der Waals surface area contributed by atoms with Crippen molar-refractivity contribution in [2.75, 3.05) is 6.54 Å². The first kappa shape index (κ1) is 15.4. The first-order valence-corrected chi connectivity index (χ1v) is 8.85. The summed E-state index contributed by atoms with van der Waals surface area (Å²) in [5.74, 6) is 1.63. The maximum absolute atomic E-state index is 13.0. The van der Waals surface area contributed by atoms with Crippen LogP contribution in [-0.2, 0) is 4.79 Å². The molecule has 1 amide bonds. The summed E-state index contributed by atoms with van der Waals surface area (Å²) in [6.07, 6.45) is 3.00. The molecule has 2 aliphatic rings. The van der Waals surface area contributed by atoms with Gasteiger partial charge in [0, 0.05) is 18.5 Å². The molecule has 2 aromatic rings. The van der Waals surface area contributed by atoms with Gasteiger partial charge in [-0.05, 0) is 62.6 Å². The fraction of sp³-hybridized carbons (Fsp3) is 0.500. The number of aryl methyl sites for hydroxylation is 3. The molecule has 126 valence electrons. The summed E-state index contributed by atoms with van der Waals surface area (Å²) in [4.78, 5) is 15.0. The minimum atomic E-state index is 0.0935. The summed E-state index contributed by atoms with van der Waals surface area (Å²) >= 11 is 0. The molecule has 4 rings (SSSR count). The number of carbonyl (C=O) groups excluding carboxylic acids is 1. The Bertz CT molecular complexity index is 780. The van der Waals surface area contributed by atoms with Crippen LogP contribution in [0.15, 0.2) is 28.8 Å². The summed E-state index contributed by atoms with van der Waals surface area (Å²) in [6.45, 7) is 7.00. The van der Waals surface area contributed by atoms with E-state index >= 15 is 0 Å². The second kappa shape index (κ2) is 5.76. The van der Waals surface area contributed by atoms with Gasteiger partial charge in [-0.15, -0.1) is 0 Å². The number of aromatic nitrogens is 1. The highest BCUT2D eigenvalue weighted by Crippen LogP contribution is 2.50. The Morgan fingerprint density at radius 3 is 2.75 bits per heavy atom. The van der Waals surface area contributed by atoms with Crippen LogP contribution in [0.4, 0.5) is 0 Å². The van der Waals surface area contributed by atoms with Gasteiger partial charge >= 0.3 is 0 Å². The van der Waals surface area contributed by atoms with Gasteiger partial charge in [0.05, 0.1) is 6.04 Å². The summed E-state index contributed by atoms with van der Waals surface area (Å²) in [5.41, 5.74) is 4.83. The van der Waals surface area contributed by atoms with Crippen molar-refractivity contribution in [3.05, 3.63) is 52.4 Å². The summed E-state index contributed by atoms with van der Waals surface area (Å²) < 4.78 is 5.21. The van der Waals surface area contributed by atoms with Crippen LogP contribution >= 0.6 is 0 Å². The van der Waals surface area contributed by atoms with E-state index in [1.165, 1.54) is 16.7 Å². The molecule has 1 aromatic heterocycles. The molecule has 2 heterocycles. The molecule has 1 saturated carbocycles. The van der Waals surface area contributed by atoms with Crippen molar-refractivity contribution in [2.45, 2.75) is 52.0 Å². The van der Waals surface area contributed by atoms with Gasteiger partial charge < -0.3 is 9.42 Å². The highest BCUT2D eigenvalue weighted by Gasteiger charge is 2.48. The maximum Gasteiger partial charge on any atom is 0.226 e. The third-order valence-electron chi connectivity index (χ3n) is 5.59. The Morgan fingerprint density at radius 2 is 2.04 bits per heavy atom. The summed E-state index contributed by atoms with van der Waals surface area (Å²) in [5, 5.41) is 4.14. The number of amides is 1. The standard InChI is InChI=1S/C20H24N2O2/c1-12-6-7-15(9-13(12)2)16-11-17(16)20(23)22-8-4-5-19(22)18-10-14(3)24-21-18/h6-7,9-10,16-17,19H,4-5,8,11H2,1-3H3/t16-,17+,19-/m0/s1. The molecule has 0 spiro atoms. The molecule has 0 bridgehead atoms. The lowest BCUT2D eigenvalue weighted by molar-refractivity contribution is -0.133. The lowest BCUT2D eigenvalue weighted by Gasteiger charge is -2.23. The summed E-state index contributed by atoms with van der Waals surface area (Å²) in [7, 11) is 0. The van der Waals surface area contributed by atoms with Crippen LogP contribution in [0.25, 0.3) is 0 Å². The molecule has 0 radical (unpaired) electrons. The zero-order chi connectivity index (χ0) is 16.8. The fourth-order valence-corrected chi connectivity index (χ4v) is 3.93. The SMILES string of the molecule is Cc1cc([C@@H]2CCCN2C(=O)[C@@H]2C[C@H]2c2ccc(C)c(C)c2)no1. The average Bonchev–Trinajstić information content (AvgIpc) is 2.99. The third-order valence-corrected chi connectivity index (χ3v) is 5.59. The van der Waals surface area contributed by atoms with Gasteiger partial charge in [0.25, 0.3) is 0 Å². The minimum absolute atomic E-state index is 0.0935. The van der Waals surface area contributed by atoms with Crippen LogP contribution in [0.5, 0.6) is 0 Å². The van der Waals surface area contributed by atoms with Crippen molar-refractivity contribution in [2.24, 2.45) is 5.92 Å². The molecule has 0 unspecified atom stereocenters. The molecular weight excluding hydrogens is 300 g/mol. The molecule has 1 aliphatic heterocycles. The van der Waals surface area contributed by atoms with E-state index in [1.807, 2.05) is 17.9 Å². The van der Waals surface area contributed by atoms with E-state index in [0.717, 1.165) is 37.3 Å². The van der Waals surface area contributed by atoms with E-state index in [0.29, 0.717) is 11.8 Å². The van der Waals surface area contributed by atoms with Crippen LogP contribution in [0.3, 0.4) is 0 Å². The van der Waals surface area contributed by atoms with Crippen LogP contribution in [0.2, 0.25) is 0 Å². The maximum atomic E-state index is 13.0. The number of hydrogen-bond donors (Lipinski definition) is 0. The number of likely N-dealkylation sites (tertiary alicyclic amines) is 1. The topological polar surface area (TPSA) is 46.3 Å².